The second-order valence-electron chi connectivity index (χ2n) is 6.20. The van der Waals surface area contributed by atoms with Gasteiger partial charge in [0.05, 0.1) is 17.6 Å². The van der Waals surface area contributed by atoms with Gasteiger partial charge in [-0.3, -0.25) is 4.79 Å². The van der Waals surface area contributed by atoms with Crippen LogP contribution in [0.3, 0.4) is 0 Å². The lowest BCUT2D eigenvalue weighted by atomic mass is 10.1. The van der Waals surface area contributed by atoms with Crippen LogP contribution in [0.4, 0.5) is 0 Å². The normalized spacial score (nSPS) is 18.3. The standard InChI is InChI=1S/C18H25N3O2/c1-3-4-9-20-13-14(12-17(20)22)18-19-15-7-5-6-8-16(15)21(18)10-11-23-2/h5-8,14H,3-4,9-13H2,1-2H3. The Kier molecular flexibility index (Phi) is 4.96. The van der Waals surface area contributed by atoms with Crippen molar-refractivity contribution in [3.8, 4) is 0 Å². The van der Waals surface area contributed by atoms with Crippen LogP contribution in [-0.4, -0.2) is 47.2 Å². The number of aromatic nitrogens is 2. The molecule has 1 aromatic carbocycles. The Labute approximate surface area is 137 Å². The zero-order valence-electron chi connectivity index (χ0n) is 14.0. The van der Waals surface area contributed by atoms with E-state index >= 15 is 0 Å². The summed E-state index contributed by atoms with van der Waals surface area (Å²) in [5, 5.41) is 0. The van der Waals surface area contributed by atoms with E-state index in [-0.39, 0.29) is 11.8 Å². The maximum atomic E-state index is 12.3. The van der Waals surface area contributed by atoms with Crippen LogP contribution in [0, 0.1) is 0 Å². The third kappa shape index (κ3) is 3.24. The van der Waals surface area contributed by atoms with Crippen molar-refractivity contribution in [3.05, 3.63) is 30.1 Å². The number of unbranched alkanes of at least 4 members (excludes halogenated alkanes) is 1. The van der Waals surface area contributed by atoms with Crippen LogP contribution in [0.5, 0.6) is 0 Å². The molecule has 1 fully saturated rings. The molecule has 2 aromatic rings. The molecule has 0 spiro atoms. The summed E-state index contributed by atoms with van der Waals surface area (Å²) in [6.45, 7) is 5.22. The number of hydrogen-bond donors (Lipinski definition) is 0. The van der Waals surface area contributed by atoms with Gasteiger partial charge in [-0.25, -0.2) is 4.98 Å². The lowest BCUT2D eigenvalue weighted by molar-refractivity contribution is -0.127. The molecule has 1 saturated heterocycles. The van der Waals surface area contributed by atoms with E-state index in [0.29, 0.717) is 13.0 Å². The van der Waals surface area contributed by atoms with E-state index in [1.807, 2.05) is 23.1 Å². The maximum Gasteiger partial charge on any atom is 0.223 e. The minimum Gasteiger partial charge on any atom is -0.383 e. The number of para-hydroxylation sites is 2. The number of methoxy groups -OCH3 is 1. The van der Waals surface area contributed by atoms with Gasteiger partial charge in [0, 0.05) is 39.1 Å². The minimum absolute atomic E-state index is 0.184. The Morgan fingerprint density at radius 3 is 2.91 bits per heavy atom. The van der Waals surface area contributed by atoms with Crippen LogP contribution in [0.2, 0.25) is 0 Å². The first-order chi connectivity index (χ1) is 11.2. The van der Waals surface area contributed by atoms with Crippen molar-refractivity contribution in [1.29, 1.82) is 0 Å². The van der Waals surface area contributed by atoms with E-state index in [1.165, 1.54) is 0 Å². The Hall–Kier alpha value is -1.88. The van der Waals surface area contributed by atoms with Gasteiger partial charge in [0.1, 0.15) is 5.82 Å². The molecule has 0 saturated carbocycles. The average molecular weight is 315 g/mol. The van der Waals surface area contributed by atoms with E-state index in [0.717, 1.165) is 49.3 Å². The lowest BCUT2D eigenvalue weighted by Gasteiger charge is -2.16. The lowest BCUT2D eigenvalue weighted by Crippen LogP contribution is -2.26. The van der Waals surface area contributed by atoms with Crippen molar-refractivity contribution in [3.63, 3.8) is 0 Å². The SMILES string of the molecule is CCCCN1CC(c2nc3ccccc3n2CCOC)CC1=O. The molecule has 2 heterocycles. The molecule has 0 bridgehead atoms. The predicted molar refractivity (Wildman–Crippen MR) is 90.5 cm³/mol. The Balaban J connectivity index is 1.88. The highest BCUT2D eigenvalue weighted by Crippen LogP contribution is 2.30. The van der Waals surface area contributed by atoms with Gasteiger partial charge in [-0.2, -0.15) is 0 Å². The summed E-state index contributed by atoms with van der Waals surface area (Å²) in [4.78, 5) is 19.1. The van der Waals surface area contributed by atoms with Crippen molar-refractivity contribution in [2.24, 2.45) is 0 Å². The van der Waals surface area contributed by atoms with Crippen LogP contribution >= 0.6 is 0 Å². The molecule has 5 nitrogen and oxygen atoms in total. The van der Waals surface area contributed by atoms with E-state index in [9.17, 15) is 4.79 Å². The highest BCUT2D eigenvalue weighted by molar-refractivity contribution is 5.80. The van der Waals surface area contributed by atoms with Gasteiger partial charge in [0.15, 0.2) is 0 Å². The first kappa shape index (κ1) is 16.0. The summed E-state index contributed by atoms with van der Waals surface area (Å²) in [5.74, 6) is 1.47. The largest absolute Gasteiger partial charge is 0.383 e. The molecular formula is C18H25N3O2. The van der Waals surface area contributed by atoms with Crippen molar-refractivity contribution in [2.75, 3.05) is 26.8 Å². The average Bonchev–Trinajstić information content (AvgIpc) is 3.11. The number of imidazole rings is 1. The number of benzene rings is 1. The van der Waals surface area contributed by atoms with E-state index < -0.39 is 0 Å². The molecule has 0 radical (unpaired) electrons. The van der Waals surface area contributed by atoms with Crippen molar-refractivity contribution < 1.29 is 9.53 Å². The molecule has 3 rings (SSSR count). The van der Waals surface area contributed by atoms with Gasteiger partial charge >= 0.3 is 0 Å². The highest BCUT2D eigenvalue weighted by Gasteiger charge is 2.33. The molecule has 5 heteroatoms. The van der Waals surface area contributed by atoms with Crippen LogP contribution in [0.15, 0.2) is 24.3 Å². The third-order valence-corrected chi connectivity index (χ3v) is 4.56. The second kappa shape index (κ2) is 7.13. The smallest absolute Gasteiger partial charge is 0.223 e. The quantitative estimate of drug-likeness (QED) is 0.789. The number of hydrogen-bond acceptors (Lipinski definition) is 3. The molecule has 1 aromatic heterocycles. The zero-order valence-corrected chi connectivity index (χ0v) is 14.0. The number of rotatable bonds is 7. The molecule has 23 heavy (non-hydrogen) atoms. The first-order valence-electron chi connectivity index (χ1n) is 8.46. The maximum absolute atomic E-state index is 12.3. The van der Waals surface area contributed by atoms with Gasteiger partial charge < -0.3 is 14.2 Å². The molecular weight excluding hydrogens is 290 g/mol. The number of carbonyl (C=O) groups excluding carboxylic acids is 1. The van der Waals surface area contributed by atoms with Gasteiger partial charge in [-0.1, -0.05) is 25.5 Å². The summed E-state index contributed by atoms with van der Waals surface area (Å²) in [6, 6.07) is 8.17. The zero-order chi connectivity index (χ0) is 16.2. The molecule has 0 aliphatic carbocycles. The van der Waals surface area contributed by atoms with E-state index in [4.69, 9.17) is 9.72 Å². The van der Waals surface area contributed by atoms with Crippen molar-refractivity contribution in [1.82, 2.24) is 14.5 Å². The molecule has 0 N–H and O–H groups in total. The summed E-state index contributed by atoms with van der Waals surface area (Å²) in [5.41, 5.74) is 2.12. The summed E-state index contributed by atoms with van der Waals surface area (Å²) >= 11 is 0. The molecule has 1 amide bonds. The third-order valence-electron chi connectivity index (χ3n) is 4.56. The highest BCUT2D eigenvalue weighted by atomic mass is 16.5. The van der Waals surface area contributed by atoms with Gasteiger partial charge in [-0.05, 0) is 18.6 Å². The Bertz CT molecular complexity index is 680. The Morgan fingerprint density at radius 2 is 2.13 bits per heavy atom. The van der Waals surface area contributed by atoms with Crippen molar-refractivity contribution >= 4 is 16.9 Å². The molecule has 1 unspecified atom stereocenters. The molecule has 1 aliphatic heterocycles. The summed E-state index contributed by atoms with van der Waals surface area (Å²) in [7, 11) is 1.71. The number of likely N-dealkylation sites (tertiary alicyclic amines) is 1. The summed E-state index contributed by atoms with van der Waals surface area (Å²) in [6.07, 6.45) is 2.75. The Morgan fingerprint density at radius 1 is 1.30 bits per heavy atom. The fraction of sp³-hybridized carbons (Fsp3) is 0.556. The fourth-order valence-corrected chi connectivity index (χ4v) is 3.33. The van der Waals surface area contributed by atoms with Crippen LogP contribution < -0.4 is 0 Å². The van der Waals surface area contributed by atoms with E-state index in [2.05, 4.69) is 17.6 Å². The number of amides is 1. The van der Waals surface area contributed by atoms with Gasteiger partial charge in [0.2, 0.25) is 5.91 Å². The predicted octanol–water partition coefficient (Wildman–Crippen LogP) is 2.80. The van der Waals surface area contributed by atoms with Gasteiger partial charge in [-0.15, -0.1) is 0 Å². The van der Waals surface area contributed by atoms with Gasteiger partial charge in [0.25, 0.3) is 0 Å². The number of fused-ring (bicyclic) bond motifs is 1. The van der Waals surface area contributed by atoms with Crippen LogP contribution in [-0.2, 0) is 16.1 Å². The number of ether oxygens (including phenoxy) is 1. The minimum atomic E-state index is 0.184. The second-order valence-corrected chi connectivity index (χ2v) is 6.20. The molecule has 1 atom stereocenters. The molecule has 1 aliphatic rings. The van der Waals surface area contributed by atoms with E-state index in [1.54, 1.807) is 7.11 Å². The van der Waals surface area contributed by atoms with Crippen molar-refractivity contribution in [2.45, 2.75) is 38.6 Å². The summed E-state index contributed by atoms with van der Waals surface area (Å²) < 4.78 is 7.47. The topological polar surface area (TPSA) is 47.4 Å². The van der Waals surface area contributed by atoms with Crippen LogP contribution in [0.1, 0.15) is 37.9 Å². The first-order valence-corrected chi connectivity index (χ1v) is 8.46. The monoisotopic (exact) mass is 315 g/mol. The number of nitrogens with zero attached hydrogens (tertiary/aromatic N) is 3. The number of carbonyl (C=O) groups is 1. The fourth-order valence-electron chi connectivity index (χ4n) is 3.33. The molecule has 124 valence electrons. The van der Waals surface area contributed by atoms with Crippen LogP contribution in [0.25, 0.3) is 11.0 Å².